The molecule has 0 fully saturated rings. The molecule has 0 aliphatic heterocycles. The summed E-state index contributed by atoms with van der Waals surface area (Å²) in [6.07, 6.45) is 0.777. The Morgan fingerprint density at radius 3 is 2.34 bits per heavy atom. The Morgan fingerprint density at radius 2 is 1.69 bits per heavy atom. The number of thioether (sulfide) groups is 1. The Kier molecular flexibility index (Phi) is 9.50. The molecular weight excluding hydrogens is 389 g/mol. The molecule has 5 nitrogen and oxygen atoms in total. The van der Waals surface area contributed by atoms with E-state index in [0.29, 0.717) is 13.1 Å². The van der Waals surface area contributed by atoms with E-state index in [1.807, 2.05) is 44.2 Å². The molecule has 0 bridgehead atoms. The van der Waals surface area contributed by atoms with E-state index in [1.165, 1.54) is 12.1 Å². The van der Waals surface area contributed by atoms with E-state index in [-0.39, 0.29) is 23.7 Å². The minimum absolute atomic E-state index is 0.0361. The second-order valence-electron chi connectivity index (χ2n) is 6.98. The van der Waals surface area contributed by atoms with Crippen LogP contribution in [0.2, 0.25) is 0 Å². The first-order valence-electron chi connectivity index (χ1n) is 9.70. The lowest BCUT2D eigenvalue weighted by molar-refractivity contribution is -0.123. The highest BCUT2D eigenvalue weighted by Gasteiger charge is 2.23. The van der Waals surface area contributed by atoms with Crippen LogP contribution in [-0.2, 0) is 11.3 Å². The minimum Gasteiger partial charge on any atom is -0.354 e. The number of rotatable bonds is 10. The van der Waals surface area contributed by atoms with Crippen molar-refractivity contribution < 1.29 is 14.0 Å². The second-order valence-corrected chi connectivity index (χ2v) is 8.15. The topological polar surface area (TPSA) is 70.2 Å². The normalized spacial score (nSPS) is 11.7. The van der Waals surface area contributed by atoms with Crippen LogP contribution in [0.25, 0.3) is 0 Å². The molecule has 0 heterocycles. The van der Waals surface area contributed by atoms with E-state index in [4.69, 9.17) is 0 Å². The van der Waals surface area contributed by atoms with Crippen molar-refractivity contribution in [3.05, 3.63) is 66.0 Å². The van der Waals surface area contributed by atoms with Crippen molar-refractivity contribution in [2.45, 2.75) is 37.8 Å². The van der Waals surface area contributed by atoms with Crippen LogP contribution in [0, 0.1) is 11.7 Å². The molecule has 0 saturated heterocycles. The summed E-state index contributed by atoms with van der Waals surface area (Å²) in [5, 5.41) is 8.42. The summed E-state index contributed by atoms with van der Waals surface area (Å²) < 4.78 is 12.9. The molecule has 0 saturated carbocycles. The van der Waals surface area contributed by atoms with Crippen LogP contribution in [0.1, 0.15) is 25.8 Å². The second kappa shape index (κ2) is 12.1. The maximum Gasteiger partial charge on any atom is 0.315 e. The lowest BCUT2D eigenvalue weighted by Gasteiger charge is -2.22. The van der Waals surface area contributed by atoms with Gasteiger partial charge in [-0.1, -0.05) is 44.2 Å². The number of nitrogens with one attached hydrogen (secondary N) is 3. The van der Waals surface area contributed by atoms with Gasteiger partial charge < -0.3 is 16.0 Å². The van der Waals surface area contributed by atoms with Crippen LogP contribution in [0.5, 0.6) is 0 Å². The van der Waals surface area contributed by atoms with Gasteiger partial charge in [0.05, 0.1) is 0 Å². The maximum absolute atomic E-state index is 12.9. The van der Waals surface area contributed by atoms with Crippen LogP contribution in [-0.4, -0.2) is 30.3 Å². The third kappa shape index (κ3) is 8.56. The molecule has 1 unspecified atom stereocenters. The van der Waals surface area contributed by atoms with Crippen molar-refractivity contribution in [2.75, 3.05) is 12.3 Å². The molecular formula is C22H28FN3O2S. The summed E-state index contributed by atoms with van der Waals surface area (Å²) in [4.78, 5) is 25.6. The van der Waals surface area contributed by atoms with E-state index in [2.05, 4.69) is 16.0 Å². The number of hydrogen-bond acceptors (Lipinski definition) is 3. The number of hydrogen-bond donors (Lipinski definition) is 3. The van der Waals surface area contributed by atoms with Gasteiger partial charge in [0, 0.05) is 18.0 Å². The molecule has 3 amide bonds. The Morgan fingerprint density at radius 1 is 1.00 bits per heavy atom. The lowest BCUT2D eigenvalue weighted by Crippen LogP contribution is -2.52. The van der Waals surface area contributed by atoms with Crippen LogP contribution in [0.3, 0.4) is 0 Å². The van der Waals surface area contributed by atoms with E-state index in [0.717, 1.165) is 22.6 Å². The van der Waals surface area contributed by atoms with Crippen molar-refractivity contribution in [2.24, 2.45) is 5.92 Å². The van der Waals surface area contributed by atoms with Gasteiger partial charge in [-0.25, -0.2) is 9.18 Å². The first kappa shape index (κ1) is 22.7. The molecule has 0 spiro atoms. The van der Waals surface area contributed by atoms with Crippen LogP contribution < -0.4 is 16.0 Å². The van der Waals surface area contributed by atoms with Crippen LogP contribution in [0.15, 0.2) is 59.5 Å². The minimum atomic E-state index is -0.601. The highest BCUT2D eigenvalue weighted by Crippen LogP contribution is 2.18. The highest BCUT2D eigenvalue weighted by atomic mass is 32.2. The van der Waals surface area contributed by atoms with Crippen molar-refractivity contribution in [3.8, 4) is 0 Å². The van der Waals surface area contributed by atoms with Gasteiger partial charge in [-0.2, -0.15) is 0 Å². The zero-order valence-corrected chi connectivity index (χ0v) is 17.6. The first-order valence-corrected chi connectivity index (χ1v) is 10.7. The molecule has 2 rings (SSSR count). The quantitative estimate of drug-likeness (QED) is 0.405. The SMILES string of the molecule is CC(C)C(NC(=O)NCc1ccccc1)C(=O)NCCCSc1ccc(F)cc1. The smallest absolute Gasteiger partial charge is 0.315 e. The van der Waals surface area contributed by atoms with E-state index < -0.39 is 6.04 Å². The standard InChI is InChI=1S/C22H28FN3O2S/c1-16(2)20(26-22(28)25-15-17-7-4-3-5-8-17)21(27)24-13-6-14-29-19-11-9-18(23)10-12-19/h3-5,7-12,16,20H,6,13-15H2,1-2H3,(H,24,27)(H2,25,26,28). The number of carbonyl (C=O) groups excluding carboxylic acids is 2. The number of halogens is 1. The van der Waals surface area contributed by atoms with Crippen molar-refractivity contribution in [1.29, 1.82) is 0 Å². The molecule has 0 aliphatic carbocycles. The maximum atomic E-state index is 12.9. The summed E-state index contributed by atoms with van der Waals surface area (Å²) >= 11 is 1.61. The third-order valence-corrected chi connectivity index (χ3v) is 5.33. The molecule has 2 aromatic rings. The van der Waals surface area contributed by atoms with Crippen LogP contribution in [0.4, 0.5) is 9.18 Å². The zero-order chi connectivity index (χ0) is 21.1. The highest BCUT2D eigenvalue weighted by molar-refractivity contribution is 7.99. The van der Waals surface area contributed by atoms with Crippen LogP contribution >= 0.6 is 11.8 Å². The van der Waals surface area contributed by atoms with Gasteiger partial charge in [-0.05, 0) is 47.9 Å². The monoisotopic (exact) mass is 417 g/mol. The molecule has 3 N–H and O–H groups in total. The predicted octanol–water partition coefficient (Wildman–Crippen LogP) is 3.95. The van der Waals surface area contributed by atoms with Gasteiger partial charge in [0.2, 0.25) is 5.91 Å². The van der Waals surface area contributed by atoms with Gasteiger partial charge in [-0.3, -0.25) is 4.79 Å². The number of urea groups is 1. The molecule has 7 heteroatoms. The van der Waals surface area contributed by atoms with E-state index >= 15 is 0 Å². The van der Waals surface area contributed by atoms with E-state index in [1.54, 1.807) is 23.9 Å². The van der Waals surface area contributed by atoms with Gasteiger partial charge in [0.25, 0.3) is 0 Å². The summed E-state index contributed by atoms with van der Waals surface area (Å²) in [6, 6.07) is 15.0. The average molecular weight is 418 g/mol. The Bertz CT molecular complexity index is 769. The zero-order valence-electron chi connectivity index (χ0n) is 16.8. The third-order valence-electron chi connectivity index (χ3n) is 4.23. The van der Waals surface area contributed by atoms with Crippen molar-refractivity contribution in [3.63, 3.8) is 0 Å². The number of carbonyl (C=O) groups is 2. The average Bonchev–Trinajstić information content (AvgIpc) is 2.72. The van der Waals surface area contributed by atoms with Crippen molar-refractivity contribution >= 4 is 23.7 Å². The molecule has 0 aliphatic rings. The Hall–Kier alpha value is -2.54. The Balaban J connectivity index is 1.69. The molecule has 1 atom stereocenters. The fraction of sp³-hybridized carbons (Fsp3) is 0.364. The molecule has 2 aromatic carbocycles. The summed E-state index contributed by atoms with van der Waals surface area (Å²) in [7, 11) is 0. The summed E-state index contributed by atoms with van der Waals surface area (Å²) in [5.74, 6) is 0.331. The fourth-order valence-corrected chi connectivity index (χ4v) is 3.47. The van der Waals surface area contributed by atoms with Gasteiger partial charge in [-0.15, -0.1) is 11.8 Å². The lowest BCUT2D eigenvalue weighted by atomic mass is 10.0. The number of amides is 3. The van der Waals surface area contributed by atoms with Crippen molar-refractivity contribution in [1.82, 2.24) is 16.0 Å². The Labute approximate surface area is 175 Å². The van der Waals surface area contributed by atoms with Gasteiger partial charge >= 0.3 is 6.03 Å². The van der Waals surface area contributed by atoms with E-state index in [9.17, 15) is 14.0 Å². The summed E-state index contributed by atoms with van der Waals surface area (Å²) in [5.41, 5.74) is 0.992. The fourth-order valence-electron chi connectivity index (χ4n) is 2.62. The van der Waals surface area contributed by atoms with Gasteiger partial charge in [0.1, 0.15) is 11.9 Å². The predicted molar refractivity (Wildman–Crippen MR) is 115 cm³/mol. The molecule has 0 radical (unpaired) electrons. The molecule has 0 aromatic heterocycles. The largest absolute Gasteiger partial charge is 0.354 e. The number of benzene rings is 2. The molecule has 29 heavy (non-hydrogen) atoms. The molecule has 156 valence electrons. The van der Waals surface area contributed by atoms with Gasteiger partial charge in [0.15, 0.2) is 0 Å². The first-order chi connectivity index (χ1) is 14.0. The summed E-state index contributed by atoms with van der Waals surface area (Å²) in [6.45, 7) is 4.71.